The number of hydrogen-bond acceptors (Lipinski definition) is 1. The van der Waals surface area contributed by atoms with Gasteiger partial charge in [0.1, 0.15) is 5.82 Å². The predicted octanol–water partition coefficient (Wildman–Crippen LogP) is 3.31. The van der Waals surface area contributed by atoms with E-state index in [-0.39, 0.29) is 17.5 Å². The molecule has 1 aliphatic rings. The number of benzene rings is 1. The molecule has 74 valence electrons. The highest BCUT2D eigenvalue weighted by atomic mass is 79.9. The largest absolute Gasteiger partial charge is 0.294 e. The minimum absolute atomic E-state index is 0.0880. The highest BCUT2D eigenvalue weighted by Gasteiger charge is 2.30. The van der Waals surface area contributed by atoms with Crippen molar-refractivity contribution < 1.29 is 9.18 Å². The lowest BCUT2D eigenvalue weighted by Crippen LogP contribution is -2.02. The summed E-state index contributed by atoms with van der Waals surface area (Å²) >= 11 is 3.19. The molecule has 2 rings (SSSR count). The van der Waals surface area contributed by atoms with E-state index in [0.717, 1.165) is 12.8 Å². The Morgan fingerprint density at radius 1 is 1.50 bits per heavy atom. The first kappa shape index (κ1) is 9.84. The average molecular weight is 257 g/mol. The predicted molar refractivity (Wildman–Crippen MR) is 56.1 cm³/mol. The van der Waals surface area contributed by atoms with E-state index in [9.17, 15) is 9.18 Å². The summed E-state index contributed by atoms with van der Waals surface area (Å²) < 4.78 is 13.3. The molecule has 1 fully saturated rings. The van der Waals surface area contributed by atoms with Gasteiger partial charge in [0, 0.05) is 16.8 Å². The molecular weight excluding hydrogens is 247 g/mol. The van der Waals surface area contributed by atoms with Crippen molar-refractivity contribution in [1.29, 1.82) is 0 Å². The number of carbonyl (C=O) groups is 1. The second-order valence-corrected chi connectivity index (χ2v) is 4.14. The third-order valence-corrected chi connectivity index (χ3v) is 3.03. The topological polar surface area (TPSA) is 17.1 Å². The molecule has 0 saturated heterocycles. The van der Waals surface area contributed by atoms with Gasteiger partial charge in [-0.2, -0.15) is 0 Å². The fourth-order valence-corrected chi connectivity index (χ4v) is 1.84. The van der Waals surface area contributed by atoms with Crippen LogP contribution in [0.15, 0.2) is 18.2 Å². The van der Waals surface area contributed by atoms with E-state index >= 15 is 0 Å². The van der Waals surface area contributed by atoms with Gasteiger partial charge in [-0.15, -0.1) is 0 Å². The maximum absolute atomic E-state index is 13.3. The zero-order chi connectivity index (χ0) is 10.1. The minimum atomic E-state index is -0.298. The first-order chi connectivity index (χ1) is 6.72. The van der Waals surface area contributed by atoms with Gasteiger partial charge in [-0.25, -0.2) is 4.39 Å². The number of Topliss-reactive ketones (excluding diaryl/α,β-unsaturated/α-hetero) is 1. The van der Waals surface area contributed by atoms with E-state index in [4.69, 9.17) is 0 Å². The average Bonchev–Trinajstić information content (AvgIpc) is 3.00. The van der Waals surface area contributed by atoms with Crippen LogP contribution in [0.3, 0.4) is 0 Å². The Labute approximate surface area is 90.4 Å². The van der Waals surface area contributed by atoms with Crippen LogP contribution in [0.25, 0.3) is 0 Å². The smallest absolute Gasteiger partial charge is 0.166 e. The van der Waals surface area contributed by atoms with Gasteiger partial charge in [-0.1, -0.05) is 28.1 Å². The first-order valence-corrected chi connectivity index (χ1v) is 5.73. The van der Waals surface area contributed by atoms with Crippen LogP contribution in [0.2, 0.25) is 0 Å². The normalized spacial score (nSPS) is 15.6. The van der Waals surface area contributed by atoms with Gasteiger partial charge >= 0.3 is 0 Å². The van der Waals surface area contributed by atoms with Crippen molar-refractivity contribution in [1.82, 2.24) is 0 Å². The van der Waals surface area contributed by atoms with Crippen molar-refractivity contribution in [3.05, 3.63) is 35.1 Å². The Hall–Kier alpha value is -0.700. The summed E-state index contributed by atoms with van der Waals surface area (Å²) in [6.07, 6.45) is 1.92. The lowest BCUT2D eigenvalue weighted by molar-refractivity contribution is 0.0967. The molecule has 0 radical (unpaired) electrons. The van der Waals surface area contributed by atoms with E-state index < -0.39 is 0 Å². The van der Waals surface area contributed by atoms with Gasteiger partial charge in [0.05, 0.1) is 0 Å². The van der Waals surface area contributed by atoms with Gasteiger partial charge in [-0.3, -0.25) is 4.79 Å². The van der Waals surface area contributed by atoms with E-state index in [0.29, 0.717) is 16.5 Å². The van der Waals surface area contributed by atoms with Crippen LogP contribution in [0.1, 0.15) is 28.8 Å². The number of rotatable bonds is 3. The Balaban J connectivity index is 2.27. The van der Waals surface area contributed by atoms with Crippen LogP contribution in [-0.4, -0.2) is 5.78 Å². The van der Waals surface area contributed by atoms with Crippen LogP contribution in [0.5, 0.6) is 0 Å². The SMILES string of the molecule is O=C(c1ccc(CBr)c(F)c1)C1CC1. The number of carbonyl (C=O) groups excluding carboxylic acids is 1. The zero-order valence-electron chi connectivity index (χ0n) is 7.59. The second-order valence-electron chi connectivity index (χ2n) is 3.58. The third-order valence-electron chi connectivity index (χ3n) is 2.43. The van der Waals surface area contributed by atoms with Crippen LogP contribution in [-0.2, 0) is 5.33 Å². The van der Waals surface area contributed by atoms with Crippen molar-refractivity contribution in [3.63, 3.8) is 0 Å². The molecule has 14 heavy (non-hydrogen) atoms. The van der Waals surface area contributed by atoms with Gasteiger partial charge in [-0.05, 0) is 24.5 Å². The van der Waals surface area contributed by atoms with Crippen molar-refractivity contribution in [2.45, 2.75) is 18.2 Å². The highest BCUT2D eigenvalue weighted by molar-refractivity contribution is 9.08. The molecule has 0 spiro atoms. The Morgan fingerprint density at radius 2 is 2.21 bits per heavy atom. The molecule has 0 unspecified atom stereocenters. The maximum Gasteiger partial charge on any atom is 0.166 e. The van der Waals surface area contributed by atoms with Gasteiger partial charge < -0.3 is 0 Å². The number of hydrogen-bond donors (Lipinski definition) is 0. The summed E-state index contributed by atoms with van der Waals surface area (Å²) in [5, 5.41) is 0.483. The van der Waals surface area contributed by atoms with Gasteiger partial charge in [0.15, 0.2) is 5.78 Å². The number of ketones is 1. The quantitative estimate of drug-likeness (QED) is 0.599. The fourth-order valence-electron chi connectivity index (χ4n) is 1.39. The van der Waals surface area contributed by atoms with Crippen molar-refractivity contribution in [3.8, 4) is 0 Å². The van der Waals surface area contributed by atoms with Gasteiger partial charge in [0.25, 0.3) is 0 Å². The fraction of sp³-hybridized carbons (Fsp3) is 0.364. The first-order valence-electron chi connectivity index (χ1n) is 4.61. The third kappa shape index (κ3) is 1.87. The lowest BCUT2D eigenvalue weighted by Gasteiger charge is -2.02. The van der Waals surface area contributed by atoms with E-state index in [1.165, 1.54) is 6.07 Å². The summed E-state index contributed by atoms with van der Waals surface area (Å²) in [5.41, 5.74) is 1.10. The van der Waals surface area contributed by atoms with Crippen LogP contribution >= 0.6 is 15.9 Å². The molecule has 3 heteroatoms. The monoisotopic (exact) mass is 256 g/mol. The molecule has 0 atom stereocenters. The molecule has 0 aromatic heterocycles. The molecule has 0 amide bonds. The summed E-state index contributed by atoms with van der Waals surface area (Å²) in [5.74, 6) is -0.0531. The Morgan fingerprint density at radius 3 is 2.71 bits per heavy atom. The Bertz CT molecular complexity index is 372. The molecule has 1 aliphatic carbocycles. The summed E-state index contributed by atoms with van der Waals surface area (Å²) in [4.78, 5) is 11.6. The van der Waals surface area contributed by atoms with E-state index in [2.05, 4.69) is 15.9 Å². The van der Waals surface area contributed by atoms with Crippen LogP contribution < -0.4 is 0 Å². The van der Waals surface area contributed by atoms with Crippen LogP contribution in [0.4, 0.5) is 4.39 Å². The van der Waals surface area contributed by atoms with E-state index in [1.807, 2.05) is 0 Å². The number of halogens is 2. The molecule has 1 nitrogen and oxygen atoms in total. The molecule has 1 saturated carbocycles. The lowest BCUT2D eigenvalue weighted by atomic mass is 10.1. The summed E-state index contributed by atoms with van der Waals surface area (Å²) in [7, 11) is 0. The molecule has 1 aromatic carbocycles. The molecule has 0 heterocycles. The molecule has 0 N–H and O–H groups in total. The van der Waals surface area contributed by atoms with Gasteiger partial charge in [0.2, 0.25) is 0 Å². The van der Waals surface area contributed by atoms with Crippen molar-refractivity contribution in [2.75, 3.05) is 0 Å². The number of alkyl halides is 1. The van der Waals surface area contributed by atoms with E-state index in [1.54, 1.807) is 12.1 Å². The summed E-state index contributed by atoms with van der Waals surface area (Å²) in [6, 6.07) is 4.72. The zero-order valence-corrected chi connectivity index (χ0v) is 9.18. The molecular formula is C11H10BrFO. The van der Waals surface area contributed by atoms with Crippen LogP contribution in [0, 0.1) is 11.7 Å². The molecule has 0 aliphatic heterocycles. The minimum Gasteiger partial charge on any atom is -0.294 e. The van der Waals surface area contributed by atoms with Crippen molar-refractivity contribution >= 4 is 21.7 Å². The highest BCUT2D eigenvalue weighted by Crippen LogP contribution is 2.32. The maximum atomic E-state index is 13.3. The Kier molecular flexibility index (Phi) is 2.68. The van der Waals surface area contributed by atoms with Crippen molar-refractivity contribution in [2.24, 2.45) is 5.92 Å². The molecule has 0 bridgehead atoms. The summed E-state index contributed by atoms with van der Waals surface area (Å²) in [6.45, 7) is 0. The standard InChI is InChI=1S/C11H10BrFO/c12-6-9-4-3-8(5-10(9)13)11(14)7-1-2-7/h3-5,7H,1-2,6H2. The second kappa shape index (κ2) is 3.81. The molecule has 1 aromatic rings.